The zero-order valence-electron chi connectivity index (χ0n) is 12.3. The van der Waals surface area contributed by atoms with E-state index in [4.69, 9.17) is 5.73 Å². The summed E-state index contributed by atoms with van der Waals surface area (Å²) in [6.45, 7) is 7.73. The topological polar surface area (TPSA) is 49.6 Å². The smallest absolute Gasteiger partial charge is 0.224 e. The number of hydrogen-bond donors (Lipinski definition) is 1. The Hall–Kier alpha value is -0.610. The molecule has 19 heavy (non-hydrogen) atoms. The maximum absolute atomic E-state index is 12.1. The van der Waals surface area contributed by atoms with Crippen molar-refractivity contribution in [2.45, 2.75) is 51.5 Å². The van der Waals surface area contributed by atoms with E-state index in [0.29, 0.717) is 6.42 Å². The van der Waals surface area contributed by atoms with Gasteiger partial charge in [-0.15, -0.1) is 0 Å². The molecule has 2 aliphatic heterocycles. The van der Waals surface area contributed by atoms with Gasteiger partial charge in [0.05, 0.1) is 0 Å². The Morgan fingerprint density at radius 1 is 1.21 bits per heavy atom. The first-order valence-electron chi connectivity index (χ1n) is 7.94. The van der Waals surface area contributed by atoms with Gasteiger partial charge in [-0.2, -0.15) is 0 Å². The van der Waals surface area contributed by atoms with Crippen LogP contribution in [0.2, 0.25) is 0 Å². The van der Waals surface area contributed by atoms with Gasteiger partial charge >= 0.3 is 0 Å². The first kappa shape index (κ1) is 14.8. The maximum Gasteiger partial charge on any atom is 0.224 e. The summed E-state index contributed by atoms with van der Waals surface area (Å²) in [5.41, 5.74) is 5.86. The van der Waals surface area contributed by atoms with Crippen molar-refractivity contribution in [1.82, 2.24) is 9.80 Å². The zero-order chi connectivity index (χ0) is 13.7. The molecule has 0 aromatic rings. The van der Waals surface area contributed by atoms with Crippen molar-refractivity contribution in [3.05, 3.63) is 0 Å². The van der Waals surface area contributed by atoms with E-state index >= 15 is 0 Å². The molecule has 2 heterocycles. The Kier molecular flexibility index (Phi) is 5.64. The lowest BCUT2D eigenvalue weighted by atomic mass is 9.95. The second kappa shape index (κ2) is 7.25. The minimum absolute atomic E-state index is 0.0369. The predicted octanol–water partition coefficient (Wildman–Crippen LogP) is 1.45. The number of piperidine rings is 1. The van der Waals surface area contributed by atoms with Crippen molar-refractivity contribution in [2.75, 3.05) is 32.7 Å². The van der Waals surface area contributed by atoms with Gasteiger partial charge < -0.3 is 15.5 Å². The number of rotatable bonds is 5. The van der Waals surface area contributed by atoms with Crippen LogP contribution in [0, 0.1) is 5.92 Å². The predicted molar refractivity (Wildman–Crippen MR) is 77.9 cm³/mol. The summed E-state index contributed by atoms with van der Waals surface area (Å²) in [6, 6.07) is 0.0369. The summed E-state index contributed by atoms with van der Waals surface area (Å²) in [4.78, 5) is 16.7. The summed E-state index contributed by atoms with van der Waals surface area (Å²) in [7, 11) is 0. The summed E-state index contributed by atoms with van der Waals surface area (Å²) >= 11 is 0. The molecule has 110 valence electrons. The van der Waals surface area contributed by atoms with E-state index in [1.165, 1.54) is 45.3 Å². The minimum Gasteiger partial charge on any atom is -0.343 e. The quantitative estimate of drug-likeness (QED) is 0.820. The molecular weight excluding hydrogens is 238 g/mol. The number of nitrogens with two attached hydrogens (primary N) is 1. The van der Waals surface area contributed by atoms with Crippen LogP contribution in [0.5, 0.6) is 0 Å². The lowest BCUT2D eigenvalue weighted by molar-refractivity contribution is -0.133. The Morgan fingerprint density at radius 3 is 2.42 bits per heavy atom. The molecule has 0 aliphatic carbocycles. The lowest BCUT2D eigenvalue weighted by Crippen LogP contribution is -2.42. The molecule has 0 radical (unpaired) electrons. The van der Waals surface area contributed by atoms with Crippen LogP contribution in [0.4, 0.5) is 0 Å². The monoisotopic (exact) mass is 267 g/mol. The van der Waals surface area contributed by atoms with Crippen LogP contribution in [0.15, 0.2) is 0 Å². The highest BCUT2D eigenvalue weighted by molar-refractivity contribution is 5.76. The van der Waals surface area contributed by atoms with Crippen molar-refractivity contribution in [3.8, 4) is 0 Å². The van der Waals surface area contributed by atoms with Crippen molar-refractivity contribution < 1.29 is 4.79 Å². The normalized spacial score (nSPS) is 23.8. The Bertz CT molecular complexity index is 281. The molecule has 0 bridgehead atoms. The molecule has 0 aromatic carbocycles. The third kappa shape index (κ3) is 4.46. The summed E-state index contributed by atoms with van der Waals surface area (Å²) in [6.07, 6.45) is 6.48. The molecule has 4 nitrogen and oxygen atoms in total. The second-order valence-electron chi connectivity index (χ2n) is 6.20. The number of likely N-dealkylation sites (tertiary alicyclic amines) is 2. The van der Waals surface area contributed by atoms with Gasteiger partial charge in [-0.05, 0) is 51.1 Å². The van der Waals surface area contributed by atoms with Crippen LogP contribution in [-0.4, -0.2) is 54.5 Å². The first-order chi connectivity index (χ1) is 9.19. The average molecular weight is 267 g/mol. The molecule has 2 rings (SSSR count). The van der Waals surface area contributed by atoms with Crippen LogP contribution >= 0.6 is 0 Å². The molecule has 2 saturated heterocycles. The van der Waals surface area contributed by atoms with E-state index in [0.717, 1.165) is 25.4 Å². The van der Waals surface area contributed by atoms with E-state index in [2.05, 4.69) is 4.90 Å². The SMILES string of the molecule is CCC(N)CC(=O)N1CCC(CN2CCCC2)CC1. The summed E-state index contributed by atoms with van der Waals surface area (Å²) < 4.78 is 0. The molecule has 2 N–H and O–H groups in total. The Labute approximate surface area is 117 Å². The van der Waals surface area contributed by atoms with Gasteiger partial charge in [0, 0.05) is 32.1 Å². The van der Waals surface area contributed by atoms with Crippen LogP contribution in [0.25, 0.3) is 0 Å². The number of carbonyl (C=O) groups excluding carboxylic acids is 1. The highest BCUT2D eigenvalue weighted by atomic mass is 16.2. The fraction of sp³-hybridized carbons (Fsp3) is 0.933. The van der Waals surface area contributed by atoms with Crippen molar-refractivity contribution in [1.29, 1.82) is 0 Å². The van der Waals surface area contributed by atoms with E-state index in [9.17, 15) is 4.79 Å². The summed E-state index contributed by atoms with van der Waals surface area (Å²) in [5, 5.41) is 0. The average Bonchev–Trinajstić information content (AvgIpc) is 2.92. The van der Waals surface area contributed by atoms with Crippen molar-refractivity contribution in [3.63, 3.8) is 0 Å². The van der Waals surface area contributed by atoms with Gasteiger partial charge in [-0.1, -0.05) is 6.92 Å². The van der Waals surface area contributed by atoms with E-state index in [-0.39, 0.29) is 11.9 Å². The molecule has 1 amide bonds. The molecular formula is C15H29N3O. The van der Waals surface area contributed by atoms with Gasteiger partial charge in [0.25, 0.3) is 0 Å². The van der Waals surface area contributed by atoms with Gasteiger partial charge in [0.2, 0.25) is 5.91 Å². The summed E-state index contributed by atoms with van der Waals surface area (Å²) in [5.74, 6) is 1.05. The first-order valence-corrected chi connectivity index (χ1v) is 7.94. The zero-order valence-corrected chi connectivity index (χ0v) is 12.3. The molecule has 1 unspecified atom stereocenters. The molecule has 0 saturated carbocycles. The van der Waals surface area contributed by atoms with Crippen LogP contribution < -0.4 is 5.73 Å². The second-order valence-corrected chi connectivity index (χ2v) is 6.20. The third-order valence-electron chi connectivity index (χ3n) is 4.64. The van der Waals surface area contributed by atoms with Crippen molar-refractivity contribution >= 4 is 5.91 Å². The molecule has 0 spiro atoms. The van der Waals surface area contributed by atoms with Gasteiger partial charge in [-0.25, -0.2) is 0 Å². The molecule has 0 aromatic heterocycles. The van der Waals surface area contributed by atoms with Gasteiger partial charge in [-0.3, -0.25) is 4.79 Å². The highest BCUT2D eigenvalue weighted by Gasteiger charge is 2.25. The maximum atomic E-state index is 12.1. The number of nitrogens with zero attached hydrogens (tertiary/aromatic N) is 2. The van der Waals surface area contributed by atoms with Crippen molar-refractivity contribution in [2.24, 2.45) is 11.7 Å². The standard InChI is InChI=1S/C15H29N3O/c1-2-14(16)11-15(19)18-9-5-13(6-10-18)12-17-7-3-4-8-17/h13-14H,2-12,16H2,1H3. The highest BCUT2D eigenvalue weighted by Crippen LogP contribution is 2.21. The van der Waals surface area contributed by atoms with Gasteiger partial charge in [0.1, 0.15) is 0 Å². The van der Waals surface area contributed by atoms with E-state index in [1.54, 1.807) is 0 Å². The Morgan fingerprint density at radius 2 is 1.84 bits per heavy atom. The molecule has 2 fully saturated rings. The van der Waals surface area contributed by atoms with Crippen LogP contribution in [-0.2, 0) is 4.79 Å². The fourth-order valence-corrected chi connectivity index (χ4v) is 3.19. The number of amides is 1. The largest absolute Gasteiger partial charge is 0.343 e. The van der Waals surface area contributed by atoms with E-state index < -0.39 is 0 Å². The minimum atomic E-state index is 0.0369. The van der Waals surface area contributed by atoms with Gasteiger partial charge in [0.15, 0.2) is 0 Å². The van der Waals surface area contributed by atoms with E-state index in [1.807, 2.05) is 11.8 Å². The molecule has 4 heteroatoms. The number of hydrogen-bond acceptors (Lipinski definition) is 3. The number of carbonyl (C=O) groups is 1. The van der Waals surface area contributed by atoms with Crippen LogP contribution in [0.3, 0.4) is 0 Å². The Balaban J connectivity index is 1.68. The fourth-order valence-electron chi connectivity index (χ4n) is 3.19. The third-order valence-corrected chi connectivity index (χ3v) is 4.64. The molecule has 1 atom stereocenters. The lowest BCUT2D eigenvalue weighted by Gasteiger charge is -2.34. The molecule has 2 aliphatic rings. The van der Waals surface area contributed by atoms with Crippen LogP contribution in [0.1, 0.15) is 45.4 Å².